The van der Waals surface area contributed by atoms with Crippen LogP contribution in [0.25, 0.3) is 10.2 Å². The molecule has 0 saturated carbocycles. The Hall–Kier alpha value is -2.47. The van der Waals surface area contributed by atoms with Gasteiger partial charge in [0.15, 0.2) is 0 Å². The molecule has 168 valence electrons. The summed E-state index contributed by atoms with van der Waals surface area (Å²) in [6, 6.07) is 7.90. The number of thiophene rings is 1. The molecule has 3 aromatic rings. The van der Waals surface area contributed by atoms with Crippen molar-refractivity contribution in [3.8, 4) is 0 Å². The maximum atomic E-state index is 13.0. The monoisotopic (exact) mass is 448 g/mol. The predicted molar refractivity (Wildman–Crippen MR) is 132 cm³/mol. The summed E-state index contributed by atoms with van der Waals surface area (Å²) in [6.45, 7) is 9.55. The van der Waals surface area contributed by atoms with Crippen molar-refractivity contribution >= 4 is 33.3 Å². The molecule has 5 rings (SSSR count). The highest BCUT2D eigenvalue weighted by Crippen LogP contribution is 2.40. The van der Waals surface area contributed by atoms with Crippen LogP contribution in [-0.2, 0) is 12.8 Å². The maximum absolute atomic E-state index is 13.0. The number of aryl methyl sites for hydroxylation is 3. The molecule has 1 unspecified atom stereocenters. The minimum Gasteiger partial charge on any atom is -0.352 e. The molecule has 0 bridgehead atoms. The number of amides is 1. The van der Waals surface area contributed by atoms with Crippen molar-refractivity contribution in [3.05, 3.63) is 51.7 Å². The molecule has 6 heteroatoms. The molecule has 0 N–H and O–H groups in total. The number of anilines is 1. The van der Waals surface area contributed by atoms with Crippen LogP contribution in [-0.4, -0.2) is 47.0 Å². The van der Waals surface area contributed by atoms with E-state index in [2.05, 4.69) is 18.7 Å². The lowest BCUT2D eigenvalue weighted by molar-refractivity contribution is 0.0746. The van der Waals surface area contributed by atoms with Gasteiger partial charge < -0.3 is 9.80 Å². The van der Waals surface area contributed by atoms with E-state index < -0.39 is 0 Å². The molecule has 0 spiro atoms. The minimum atomic E-state index is 0.130. The fourth-order valence-corrected chi connectivity index (χ4v) is 6.05. The lowest BCUT2D eigenvalue weighted by atomic mass is 9.96. The fourth-order valence-electron chi connectivity index (χ4n) is 4.79. The molecule has 2 aliphatic rings. The molecule has 1 amide bonds. The van der Waals surface area contributed by atoms with Gasteiger partial charge in [-0.25, -0.2) is 9.97 Å². The zero-order valence-corrected chi connectivity index (χ0v) is 20.2. The normalized spacial score (nSPS) is 17.5. The molecule has 2 aromatic heterocycles. The summed E-state index contributed by atoms with van der Waals surface area (Å²) >= 11 is 1.88. The zero-order chi connectivity index (χ0) is 22.2. The maximum Gasteiger partial charge on any atom is 0.253 e. The number of hydrogen-bond acceptors (Lipinski definition) is 5. The van der Waals surface area contributed by atoms with Crippen molar-refractivity contribution in [2.45, 2.75) is 58.8 Å². The Morgan fingerprint density at radius 3 is 2.50 bits per heavy atom. The summed E-state index contributed by atoms with van der Waals surface area (Å²) in [6.07, 6.45) is 5.88. The lowest BCUT2D eigenvalue weighted by Gasteiger charge is -2.36. The highest BCUT2D eigenvalue weighted by Gasteiger charge is 2.28. The summed E-state index contributed by atoms with van der Waals surface area (Å²) in [5.74, 6) is 2.55. The second kappa shape index (κ2) is 8.81. The topological polar surface area (TPSA) is 49.3 Å². The van der Waals surface area contributed by atoms with Crippen molar-refractivity contribution < 1.29 is 4.79 Å². The molecule has 1 saturated heterocycles. The summed E-state index contributed by atoms with van der Waals surface area (Å²) in [4.78, 5) is 30.2. The number of carbonyl (C=O) groups excluding carboxylic acids is 1. The van der Waals surface area contributed by atoms with E-state index in [1.165, 1.54) is 40.7 Å². The van der Waals surface area contributed by atoms with Gasteiger partial charge in [-0.15, -0.1) is 11.3 Å². The van der Waals surface area contributed by atoms with Gasteiger partial charge in [0.05, 0.1) is 5.39 Å². The molecule has 1 aromatic carbocycles. The van der Waals surface area contributed by atoms with Crippen LogP contribution in [0.5, 0.6) is 0 Å². The summed E-state index contributed by atoms with van der Waals surface area (Å²) < 4.78 is 0. The van der Waals surface area contributed by atoms with Crippen LogP contribution in [0.3, 0.4) is 0 Å². The Morgan fingerprint density at radius 1 is 1.06 bits per heavy atom. The second-order valence-electron chi connectivity index (χ2n) is 9.25. The van der Waals surface area contributed by atoms with Crippen molar-refractivity contribution in [1.29, 1.82) is 0 Å². The third kappa shape index (κ3) is 3.90. The second-order valence-corrected chi connectivity index (χ2v) is 10.3. The van der Waals surface area contributed by atoms with E-state index in [1.54, 1.807) is 0 Å². The first-order valence-electron chi connectivity index (χ1n) is 12.0. The van der Waals surface area contributed by atoms with Crippen molar-refractivity contribution in [2.75, 3.05) is 31.1 Å². The van der Waals surface area contributed by atoms with E-state index in [-0.39, 0.29) is 5.91 Å². The van der Waals surface area contributed by atoms with Crippen LogP contribution >= 0.6 is 11.3 Å². The van der Waals surface area contributed by atoms with Crippen LogP contribution in [0.4, 0.5) is 5.82 Å². The number of carbonyl (C=O) groups is 1. The van der Waals surface area contributed by atoms with Gasteiger partial charge in [0.2, 0.25) is 0 Å². The standard InChI is InChI=1S/C26H32N4OS/c1-4-18(3)23-27-24(22-20-7-5-6-8-21(20)32-25(22)28-23)29-13-15-30(16-14-29)26(31)19-11-9-17(2)10-12-19/h9-12,18H,4-8,13-16H2,1-3H3. The van der Waals surface area contributed by atoms with Crippen LogP contribution in [0, 0.1) is 6.92 Å². The number of fused-ring (bicyclic) bond motifs is 3. The molecule has 5 nitrogen and oxygen atoms in total. The molecular formula is C26H32N4OS. The summed E-state index contributed by atoms with van der Waals surface area (Å²) in [7, 11) is 0. The molecule has 1 fully saturated rings. The van der Waals surface area contributed by atoms with E-state index in [4.69, 9.17) is 9.97 Å². The van der Waals surface area contributed by atoms with E-state index in [9.17, 15) is 4.79 Å². The summed E-state index contributed by atoms with van der Waals surface area (Å²) in [5, 5.41) is 1.29. The first-order chi connectivity index (χ1) is 15.5. The molecule has 32 heavy (non-hydrogen) atoms. The van der Waals surface area contributed by atoms with E-state index in [0.717, 1.165) is 61.1 Å². The highest BCUT2D eigenvalue weighted by atomic mass is 32.1. The SMILES string of the molecule is CCC(C)c1nc(N2CCN(C(=O)c3ccc(C)cc3)CC2)c2c3c(sc2n1)CCCC3. The Balaban J connectivity index is 1.43. The lowest BCUT2D eigenvalue weighted by Crippen LogP contribution is -2.49. The number of rotatable bonds is 4. The number of piperazine rings is 1. The molecule has 3 heterocycles. The Morgan fingerprint density at radius 2 is 1.78 bits per heavy atom. The number of nitrogens with zero attached hydrogens (tertiary/aromatic N) is 4. The van der Waals surface area contributed by atoms with E-state index in [0.29, 0.717) is 5.92 Å². The van der Waals surface area contributed by atoms with Gasteiger partial charge >= 0.3 is 0 Å². The largest absolute Gasteiger partial charge is 0.352 e. The average molecular weight is 449 g/mol. The molecule has 0 radical (unpaired) electrons. The Kier molecular flexibility index (Phi) is 5.89. The first-order valence-corrected chi connectivity index (χ1v) is 12.8. The molecule has 1 atom stereocenters. The van der Waals surface area contributed by atoms with Crippen molar-refractivity contribution in [3.63, 3.8) is 0 Å². The predicted octanol–water partition coefficient (Wildman–Crippen LogP) is 5.35. The fraction of sp³-hybridized carbons (Fsp3) is 0.500. The first kappa shape index (κ1) is 21.4. The van der Waals surface area contributed by atoms with Gasteiger partial charge in [-0.05, 0) is 56.7 Å². The van der Waals surface area contributed by atoms with Crippen LogP contribution < -0.4 is 4.90 Å². The summed E-state index contributed by atoms with van der Waals surface area (Å²) in [5.41, 5.74) is 3.44. The van der Waals surface area contributed by atoms with E-state index >= 15 is 0 Å². The van der Waals surface area contributed by atoms with Gasteiger partial charge in [-0.2, -0.15) is 0 Å². The minimum absolute atomic E-state index is 0.130. The van der Waals surface area contributed by atoms with Crippen molar-refractivity contribution in [1.82, 2.24) is 14.9 Å². The molecule has 1 aliphatic heterocycles. The number of aromatic nitrogens is 2. The highest BCUT2D eigenvalue weighted by molar-refractivity contribution is 7.19. The van der Waals surface area contributed by atoms with Crippen LogP contribution in [0.15, 0.2) is 24.3 Å². The van der Waals surface area contributed by atoms with Gasteiger partial charge in [-0.3, -0.25) is 4.79 Å². The molecular weight excluding hydrogens is 416 g/mol. The number of benzene rings is 1. The van der Waals surface area contributed by atoms with Gasteiger partial charge in [0.25, 0.3) is 5.91 Å². The third-order valence-corrected chi connectivity index (χ3v) is 8.22. The quantitative estimate of drug-likeness (QED) is 0.539. The third-order valence-electron chi connectivity index (χ3n) is 7.03. The Labute approximate surface area is 194 Å². The smallest absolute Gasteiger partial charge is 0.253 e. The van der Waals surface area contributed by atoms with E-state index in [1.807, 2.05) is 47.4 Å². The van der Waals surface area contributed by atoms with Crippen LogP contribution in [0.1, 0.15) is 71.2 Å². The van der Waals surface area contributed by atoms with Crippen molar-refractivity contribution in [2.24, 2.45) is 0 Å². The van der Waals surface area contributed by atoms with Gasteiger partial charge in [0, 0.05) is 42.5 Å². The van der Waals surface area contributed by atoms with Gasteiger partial charge in [0.1, 0.15) is 16.5 Å². The van der Waals surface area contributed by atoms with Crippen LogP contribution in [0.2, 0.25) is 0 Å². The zero-order valence-electron chi connectivity index (χ0n) is 19.4. The average Bonchev–Trinajstić information content (AvgIpc) is 3.21. The Bertz CT molecular complexity index is 1130. The molecule has 1 aliphatic carbocycles. The van der Waals surface area contributed by atoms with Gasteiger partial charge in [-0.1, -0.05) is 31.5 Å². The number of hydrogen-bond donors (Lipinski definition) is 0.